The average Bonchev–Trinajstić information content (AvgIpc) is 3.04. The largest absolute Gasteiger partial charge is 0.298 e. The number of nitrogens with zero attached hydrogens (tertiary/aromatic N) is 2. The van der Waals surface area contributed by atoms with Crippen molar-refractivity contribution in [1.82, 2.24) is 4.98 Å². The van der Waals surface area contributed by atoms with Gasteiger partial charge >= 0.3 is 0 Å². The number of halogens is 1. The number of carbonyl (C=O) groups is 1. The van der Waals surface area contributed by atoms with Crippen LogP contribution in [-0.2, 0) is 0 Å². The Balaban J connectivity index is 1.81. The van der Waals surface area contributed by atoms with Gasteiger partial charge in [-0.3, -0.25) is 20.2 Å². The predicted octanol–water partition coefficient (Wildman–Crippen LogP) is 4.11. The van der Waals surface area contributed by atoms with Gasteiger partial charge in [0.25, 0.3) is 11.6 Å². The molecule has 0 bridgehead atoms. The van der Waals surface area contributed by atoms with Crippen LogP contribution in [0.4, 0.5) is 15.2 Å². The van der Waals surface area contributed by atoms with Crippen LogP contribution in [0.25, 0.3) is 11.3 Å². The second-order valence-corrected chi connectivity index (χ2v) is 5.63. The average molecular weight is 343 g/mol. The number of benzene rings is 2. The van der Waals surface area contributed by atoms with E-state index in [2.05, 4.69) is 10.3 Å². The molecule has 3 rings (SSSR count). The Morgan fingerprint density at radius 1 is 1.17 bits per heavy atom. The van der Waals surface area contributed by atoms with Gasteiger partial charge in [0.15, 0.2) is 5.13 Å². The Morgan fingerprint density at radius 2 is 1.88 bits per heavy atom. The minimum absolute atomic E-state index is 0.0407. The van der Waals surface area contributed by atoms with Crippen molar-refractivity contribution in [2.24, 2.45) is 0 Å². The van der Waals surface area contributed by atoms with Crippen molar-refractivity contribution in [3.8, 4) is 11.3 Å². The van der Waals surface area contributed by atoms with Crippen LogP contribution in [0.3, 0.4) is 0 Å². The van der Waals surface area contributed by atoms with E-state index in [0.29, 0.717) is 16.4 Å². The molecule has 0 radical (unpaired) electrons. The number of nitro groups is 1. The van der Waals surface area contributed by atoms with E-state index >= 15 is 0 Å². The van der Waals surface area contributed by atoms with Gasteiger partial charge in [0.2, 0.25) is 0 Å². The number of nitrogens with one attached hydrogen (secondary N) is 1. The number of anilines is 1. The van der Waals surface area contributed by atoms with E-state index in [1.54, 1.807) is 23.6 Å². The highest BCUT2D eigenvalue weighted by atomic mass is 32.1. The zero-order valence-corrected chi connectivity index (χ0v) is 12.9. The number of thiazole rings is 1. The van der Waals surface area contributed by atoms with Crippen LogP contribution < -0.4 is 5.32 Å². The van der Waals surface area contributed by atoms with Gasteiger partial charge in [0, 0.05) is 17.0 Å². The Kier molecular flexibility index (Phi) is 4.30. The fourth-order valence-corrected chi connectivity index (χ4v) is 2.79. The van der Waals surface area contributed by atoms with Crippen molar-refractivity contribution in [2.75, 3.05) is 5.32 Å². The van der Waals surface area contributed by atoms with Gasteiger partial charge in [-0.25, -0.2) is 9.37 Å². The third-order valence-electron chi connectivity index (χ3n) is 3.21. The number of rotatable bonds is 4. The van der Waals surface area contributed by atoms with Crippen LogP contribution >= 0.6 is 11.3 Å². The number of aromatic nitrogens is 1. The van der Waals surface area contributed by atoms with E-state index in [-0.39, 0.29) is 17.1 Å². The zero-order chi connectivity index (χ0) is 17.1. The highest BCUT2D eigenvalue weighted by molar-refractivity contribution is 7.14. The Labute approximate surface area is 139 Å². The molecular formula is C16H10FN3O3S. The molecule has 8 heteroatoms. The first-order chi connectivity index (χ1) is 11.5. The highest BCUT2D eigenvalue weighted by Gasteiger charge is 2.20. The molecule has 0 saturated heterocycles. The number of carbonyl (C=O) groups excluding carboxylic acids is 1. The van der Waals surface area contributed by atoms with Crippen molar-refractivity contribution >= 4 is 28.1 Å². The molecule has 1 heterocycles. The highest BCUT2D eigenvalue weighted by Crippen LogP contribution is 2.26. The lowest BCUT2D eigenvalue weighted by Gasteiger charge is -2.02. The van der Waals surface area contributed by atoms with E-state index in [9.17, 15) is 19.3 Å². The van der Waals surface area contributed by atoms with Gasteiger partial charge in [-0.1, -0.05) is 12.1 Å². The number of hydrogen-bond acceptors (Lipinski definition) is 5. The smallest absolute Gasteiger partial charge is 0.282 e. The molecule has 0 saturated carbocycles. The molecule has 6 nitrogen and oxygen atoms in total. The number of amides is 1. The second-order valence-electron chi connectivity index (χ2n) is 4.77. The van der Waals surface area contributed by atoms with Gasteiger partial charge in [0.05, 0.1) is 10.6 Å². The summed E-state index contributed by atoms with van der Waals surface area (Å²) in [6.45, 7) is 0. The molecule has 0 fully saturated rings. The van der Waals surface area contributed by atoms with E-state index in [0.717, 1.165) is 0 Å². The molecule has 1 amide bonds. The van der Waals surface area contributed by atoms with Gasteiger partial charge < -0.3 is 0 Å². The van der Waals surface area contributed by atoms with Crippen molar-refractivity contribution in [1.29, 1.82) is 0 Å². The first-order valence-corrected chi connectivity index (χ1v) is 7.69. The Morgan fingerprint density at radius 3 is 2.58 bits per heavy atom. The van der Waals surface area contributed by atoms with Crippen molar-refractivity contribution < 1.29 is 14.1 Å². The van der Waals surface area contributed by atoms with Gasteiger partial charge in [-0.15, -0.1) is 11.3 Å². The molecule has 1 aromatic heterocycles. The summed E-state index contributed by atoms with van der Waals surface area (Å²) in [5.74, 6) is -0.957. The summed E-state index contributed by atoms with van der Waals surface area (Å²) in [6, 6.07) is 11.5. The molecule has 24 heavy (non-hydrogen) atoms. The summed E-state index contributed by atoms with van der Waals surface area (Å²) in [7, 11) is 0. The van der Waals surface area contributed by atoms with Crippen LogP contribution in [0.1, 0.15) is 10.4 Å². The van der Waals surface area contributed by atoms with Crippen LogP contribution in [-0.4, -0.2) is 15.8 Å². The van der Waals surface area contributed by atoms with Crippen LogP contribution in [0, 0.1) is 15.9 Å². The van der Waals surface area contributed by atoms with Gasteiger partial charge in [-0.2, -0.15) is 0 Å². The zero-order valence-electron chi connectivity index (χ0n) is 12.1. The molecule has 1 N–H and O–H groups in total. The van der Waals surface area contributed by atoms with E-state index in [1.807, 2.05) is 0 Å². The van der Waals surface area contributed by atoms with Crippen LogP contribution in [0.2, 0.25) is 0 Å². The lowest BCUT2D eigenvalue weighted by atomic mass is 10.1. The van der Waals surface area contributed by atoms with Crippen LogP contribution in [0.5, 0.6) is 0 Å². The Hall–Kier alpha value is -3.13. The minimum Gasteiger partial charge on any atom is -0.298 e. The Bertz CT molecular complexity index is 909. The van der Waals surface area contributed by atoms with E-state index in [4.69, 9.17) is 0 Å². The van der Waals surface area contributed by atoms with Gasteiger partial charge in [0.1, 0.15) is 11.4 Å². The standard InChI is InChI=1S/C16H10FN3O3S/c17-11-7-5-10(6-8-11)13-9-24-16(18-13)19-15(21)12-3-1-2-4-14(12)20(22)23/h1-9H,(H,18,19,21). The monoisotopic (exact) mass is 343 g/mol. The molecule has 0 unspecified atom stereocenters. The van der Waals surface area contributed by atoms with Gasteiger partial charge in [-0.05, 0) is 30.3 Å². The molecule has 120 valence electrons. The fraction of sp³-hybridized carbons (Fsp3) is 0. The molecule has 0 aliphatic rings. The van der Waals surface area contributed by atoms with Crippen molar-refractivity contribution in [3.63, 3.8) is 0 Å². The summed E-state index contributed by atoms with van der Waals surface area (Å²) in [5.41, 5.74) is 0.975. The summed E-state index contributed by atoms with van der Waals surface area (Å²) < 4.78 is 12.9. The molecule has 0 spiro atoms. The lowest BCUT2D eigenvalue weighted by Crippen LogP contribution is -2.13. The molecule has 0 aliphatic carbocycles. The molecule has 0 aliphatic heterocycles. The van der Waals surface area contributed by atoms with Crippen molar-refractivity contribution in [2.45, 2.75) is 0 Å². The number of nitro benzene ring substituents is 1. The fourth-order valence-electron chi connectivity index (χ4n) is 2.07. The third-order valence-corrected chi connectivity index (χ3v) is 3.97. The maximum absolute atomic E-state index is 12.9. The van der Waals surface area contributed by atoms with Crippen LogP contribution in [0.15, 0.2) is 53.9 Å². The maximum Gasteiger partial charge on any atom is 0.282 e. The number of hydrogen-bond donors (Lipinski definition) is 1. The SMILES string of the molecule is O=C(Nc1nc(-c2ccc(F)cc2)cs1)c1ccccc1[N+](=O)[O-]. The predicted molar refractivity (Wildman–Crippen MR) is 88.6 cm³/mol. The number of para-hydroxylation sites is 1. The minimum atomic E-state index is -0.610. The topological polar surface area (TPSA) is 85.1 Å². The normalized spacial score (nSPS) is 10.4. The second kappa shape index (κ2) is 6.55. The lowest BCUT2D eigenvalue weighted by molar-refractivity contribution is -0.385. The first-order valence-electron chi connectivity index (χ1n) is 6.81. The maximum atomic E-state index is 12.9. The third kappa shape index (κ3) is 3.28. The molecule has 2 aromatic carbocycles. The molecule has 3 aromatic rings. The van der Waals surface area contributed by atoms with Crippen molar-refractivity contribution in [3.05, 3.63) is 75.4 Å². The summed E-state index contributed by atoms with van der Waals surface area (Å²) in [4.78, 5) is 26.8. The first kappa shape index (κ1) is 15.8. The van der Waals surface area contributed by atoms with E-state index < -0.39 is 10.8 Å². The quantitative estimate of drug-likeness (QED) is 0.570. The summed E-state index contributed by atoms with van der Waals surface area (Å²) in [5, 5.41) is 15.5. The summed E-state index contributed by atoms with van der Waals surface area (Å²) >= 11 is 1.18. The van der Waals surface area contributed by atoms with E-state index in [1.165, 1.54) is 41.7 Å². The molecular weight excluding hydrogens is 333 g/mol. The molecule has 0 atom stereocenters. The summed E-state index contributed by atoms with van der Waals surface area (Å²) in [6.07, 6.45) is 0.